The molecule has 0 N–H and O–H groups in total. The molecule has 0 unspecified atom stereocenters. The molecule has 2 aromatic carbocycles. The van der Waals surface area contributed by atoms with Crippen LogP contribution in [0, 0.1) is 0 Å². The van der Waals surface area contributed by atoms with Gasteiger partial charge in [-0.2, -0.15) is 0 Å². The Labute approximate surface area is 151 Å². The highest BCUT2D eigenvalue weighted by molar-refractivity contribution is 6.02. The van der Waals surface area contributed by atoms with Gasteiger partial charge in [-0.15, -0.1) is 0 Å². The average molecular weight is 338 g/mol. The summed E-state index contributed by atoms with van der Waals surface area (Å²) in [5.41, 5.74) is 5.31. The highest BCUT2D eigenvalue weighted by atomic mass is 15.1. The first kappa shape index (κ1) is 15.0. The molecule has 0 bridgehead atoms. The van der Waals surface area contributed by atoms with E-state index in [9.17, 15) is 0 Å². The molecule has 4 heteroatoms. The number of benzene rings is 2. The lowest BCUT2D eigenvalue weighted by Crippen LogP contribution is -2.01. The minimum Gasteiger partial charge on any atom is -0.331 e. The molecule has 0 radical (unpaired) electrons. The number of hydrogen-bond donors (Lipinski definition) is 0. The molecule has 3 aromatic heterocycles. The summed E-state index contributed by atoms with van der Waals surface area (Å²) in [4.78, 5) is 14.1. The van der Waals surface area contributed by atoms with Gasteiger partial charge < -0.3 is 4.57 Å². The van der Waals surface area contributed by atoms with Crippen molar-refractivity contribution in [2.75, 3.05) is 0 Å². The molecule has 5 aromatic rings. The quantitative estimate of drug-likeness (QED) is 0.488. The van der Waals surface area contributed by atoms with Crippen LogP contribution in [0.2, 0.25) is 0 Å². The first-order valence-corrected chi connectivity index (χ1v) is 8.83. The van der Waals surface area contributed by atoms with Crippen molar-refractivity contribution >= 4 is 32.8 Å². The molecule has 0 fully saturated rings. The highest BCUT2D eigenvalue weighted by Gasteiger charge is 2.11. The number of hydrogen-bond acceptors (Lipinski definition) is 3. The Hall–Kier alpha value is -3.27. The van der Waals surface area contributed by atoms with Crippen LogP contribution in [0.1, 0.15) is 11.5 Å². The van der Waals surface area contributed by atoms with Gasteiger partial charge in [0.05, 0.1) is 22.1 Å². The molecule has 0 saturated heterocycles. The van der Waals surface area contributed by atoms with E-state index in [1.165, 1.54) is 5.39 Å². The van der Waals surface area contributed by atoms with E-state index < -0.39 is 0 Å². The zero-order valence-electron chi connectivity index (χ0n) is 14.6. The van der Waals surface area contributed by atoms with E-state index in [-0.39, 0.29) is 0 Å². The molecule has 0 amide bonds. The molecule has 3 heterocycles. The molecule has 126 valence electrons. The van der Waals surface area contributed by atoms with Gasteiger partial charge in [-0.3, -0.25) is 9.97 Å². The lowest BCUT2D eigenvalue weighted by molar-refractivity contribution is 0.778. The number of aromatic nitrogens is 4. The predicted octanol–water partition coefficient (Wildman–Crippen LogP) is 4.45. The standard InChI is InChI=1S/C22H18N4/c1-26-20-12-11-19-17(6-4-14-23-19)22(20)25-21(26)13-10-16-9-8-15-5-2-3-7-18(15)24-16/h2-9,11-12,14H,10,13H2,1H3. The van der Waals surface area contributed by atoms with Gasteiger partial charge in [0.1, 0.15) is 5.82 Å². The lowest BCUT2D eigenvalue weighted by atomic mass is 10.1. The summed E-state index contributed by atoms with van der Waals surface area (Å²) < 4.78 is 2.18. The van der Waals surface area contributed by atoms with Crippen molar-refractivity contribution in [3.8, 4) is 0 Å². The Kier molecular flexibility index (Phi) is 3.42. The van der Waals surface area contributed by atoms with Crippen LogP contribution in [0.5, 0.6) is 0 Å². The third-order valence-electron chi connectivity index (χ3n) is 4.99. The van der Waals surface area contributed by atoms with E-state index in [0.29, 0.717) is 0 Å². The molecule has 5 rings (SSSR count). The molecule has 0 saturated carbocycles. The first-order chi connectivity index (χ1) is 12.8. The summed E-state index contributed by atoms with van der Waals surface area (Å²) in [5.74, 6) is 1.08. The Morgan fingerprint density at radius 2 is 1.73 bits per heavy atom. The normalized spacial score (nSPS) is 11.6. The van der Waals surface area contributed by atoms with Gasteiger partial charge in [-0.1, -0.05) is 24.3 Å². The Morgan fingerprint density at radius 1 is 0.808 bits per heavy atom. The van der Waals surface area contributed by atoms with E-state index >= 15 is 0 Å². The van der Waals surface area contributed by atoms with Crippen LogP contribution in [-0.4, -0.2) is 19.5 Å². The average Bonchev–Trinajstić information content (AvgIpc) is 3.02. The summed E-state index contributed by atoms with van der Waals surface area (Å²) >= 11 is 0. The van der Waals surface area contributed by atoms with Gasteiger partial charge in [0.25, 0.3) is 0 Å². The van der Waals surface area contributed by atoms with Gasteiger partial charge in [0.15, 0.2) is 0 Å². The predicted molar refractivity (Wildman–Crippen MR) is 105 cm³/mol. The number of para-hydroxylation sites is 1. The van der Waals surface area contributed by atoms with E-state index in [4.69, 9.17) is 9.97 Å². The van der Waals surface area contributed by atoms with E-state index in [0.717, 1.165) is 51.8 Å². The number of imidazole rings is 1. The van der Waals surface area contributed by atoms with Crippen molar-refractivity contribution in [1.29, 1.82) is 0 Å². The molecule has 26 heavy (non-hydrogen) atoms. The second-order valence-corrected chi connectivity index (χ2v) is 6.59. The number of fused-ring (bicyclic) bond motifs is 4. The maximum absolute atomic E-state index is 4.91. The fraction of sp³-hybridized carbons (Fsp3) is 0.136. The topological polar surface area (TPSA) is 43.6 Å². The van der Waals surface area contributed by atoms with Crippen molar-refractivity contribution in [3.05, 3.63) is 78.4 Å². The monoisotopic (exact) mass is 338 g/mol. The van der Waals surface area contributed by atoms with E-state index in [2.05, 4.69) is 59.1 Å². The highest BCUT2D eigenvalue weighted by Crippen LogP contribution is 2.24. The Bertz CT molecular complexity index is 1250. The van der Waals surface area contributed by atoms with Gasteiger partial charge in [0, 0.05) is 36.1 Å². The zero-order valence-corrected chi connectivity index (χ0v) is 14.6. The van der Waals surface area contributed by atoms with Crippen molar-refractivity contribution < 1.29 is 0 Å². The van der Waals surface area contributed by atoms with Gasteiger partial charge in [-0.25, -0.2) is 4.98 Å². The Balaban J connectivity index is 1.50. The summed E-state index contributed by atoms with van der Waals surface area (Å²) in [7, 11) is 2.08. The van der Waals surface area contributed by atoms with Crippen LogP contribution < -0.4 is 0 Å². The fourth-order valence-corrected chi connectivity index (χ4v) is 3.57. The van der Waals surface area contributed by atoms with Crippen LogP contribution in [0.3, 0.4) is 0 Å². The summed E-state index contributed by atoms with van der Waals surface area (Å²) in [6.45, 7) is 0. The molecule has 0 aliphatic carbocycles. The molecule has 0 spiro atoms. The third-order valence-corrected chi connectivity index (χ3v) is 4.99. The molecule has 0 atom stereocenters. The smallest absolute Gasteiger partial charge is 0.110 e. The maximum atomic E-state index is 4.91. The van der Waals surface area contributed by atoms with Crippen LogP contribution in [0.25, 0.3) is 32.8 Å². The summed E-state index contributed by atoms with van der Waals surface area (Å²) in [5, 5.41) is 2.29. The number of aryl methyl sites for hydroxylation is 3. The largest absolute Gasteiger partial charge is 0.331 e. The molecule has 4 nitrogen and oxygen atoms in total. The SMILES string of the molecule is Cn1c(CCc2ccc3ccccc3n2)nc2c3cccnc3ccc21. The first-order valence-electron chi connectivity index (χ1n) is 8.83. The van der Waals surface area contributed by atoms with Gasteiger partial charge in [-0.05, 0) is 42.8 Å². The summed E-state index contributed by atoms with van der Waals surface area (Å²) in [6.07, 6.45) is 3.56. The van der Waals surface area contributed by atoms with Crippen molar-refractivity contribution in [2.24, 2.45) is 7.05 Å². The second kappa shape index (κ2) is 5.92. The van der Waals surface area contributed by atoms with Crippen LogP contribution in [0.15, 0.2) is 66.9 Å². The molecular weight excluding hydrogens is 320 g/mol. The molecule has 0 aliphatic heterocycles. The second-order valence-electron chi connectivity index (χ2n) is 6.59. The van der Waals surface area contributed by atoms with Crippen molar-refractivity contribution in [2.45, 2.75) is 12.8 Å². The maximum Gasteiger partial charge on any atom is 0.110 e. The van der Waals surface area contributed by atoms with Gasteiger partial charge >= 0.3 is 0 Å². The zero-order chi connectivity index (χ0) is 17.5. The lowest BCUT2D eigenvalue weighted by Gasteiger charge is -2.04. The van der Waals surface area contributed by atoms with Crippen molar-refractivity contribution in [1.82, 2.24) is 19.5 Å². The van der Waals surface area contributed by atoms with Crippen LogP contribution >= 0.6 is 0 Å². The molecule has 0 aliphatic rings. The number of rotatable bonds is 3. The third kappa shape index (κ3) is 2.42. The van der Waals surface area contributed by atoms with Crippen molar-refractivity contribution in [3.63, 3.8) is 0 Å². The van der Waals surface area contributed by atoms with Gasteiger partial charge in [0.2, 0.25) is 0 Å². The Morgan fingerprint density at radius 3 is 2.69 bits per heavy atom. The van der Waals surface area contributed by atoms with E-state index in [1.807, 2.05) is 24.4 Å². The minimum absolute atomic E-state index is 0.859. The fourth-order valence-electron chi connectivity index (χ4n) is 3.57. The number of nitrogens with zero attached hydrogens (tertiary/aromatic N) is 4. The summed E-state index contributed by atoms with van der Waals surface area (Å²) in [6, 6.07) is 20.7. The number of pyridine rings is 2. The molecular formula is C22H18N4. The van der Waals surface area contributed by atoms with Crippen LogP contribution in [-0.2, 0) is 19.9 Å². The van der Waals surface area contributed by atoms with Crippen LogP contribution in [0.4, 0.5) is 0 Å². The van der Waals surface area contributed by atoms with E-state index in [1.54, 1.807) is 0 Å². The minimum atomic E-state index is 0.859.